The first kappa shape index (κ1) is 7.32. The second-order valence-corrected chi connectivity index (χ2v) is 3.10. The topological polar surface area (TPSA) is 50.2 Å². The van der Waals surface area contributed by atoms with Crippen molar-refractivity contribution in [3.8, 4) is 0 Å². The first-order valence-corrected chi connectivity index (χ1v) is 4.31. The zero-order valence-corrected chi connectivity index (χ0v) is 7.27. The first-order valence-electron chi connectivity index (χ1n) is 4.31. The molecule has 3 aromatic rings. The van der Waals surface area contributed by atoms with Gasteiger partial charge >= 0.3 is 0 Å². The Hall–Kier alpha value is -2.10. The van der Waals surface area contributed by atoms with Crippen LogP contribution in [0.15, 0.2) is 41.3 Å². The Balaban J connectivity index is 0.000000853. The Morgan fingerprint density at radius 3 is 3.07 bits per heavy atom. The van der Waals surface area contributed by atoms with Crippen molar-refractivity contribution in [1.82, 2.24) is 14.4 Å². The molecule has 14 heavy (non-hydrogen) atoms. The molecule has 0 aliphatic carbocycles. The van der Waals surface area contributed by atoms with Gasteiger partial charge in [0, 0.05) is 13.7 Å². The van der Waals surface area contributed by atoms with Crippen LogP contribution in [0.1, 0.15) is 1.43 Å². The lowest BCUT2D eigenvalue weighted by molar-refractivity contribution is 1.10. The fourth-order valence-electron chi connectivity index (χ4n) is 1.58. The minimum atomic E-state index is -0.132. The molecule has 1 N–H and O–H groups in total. The average Bonchev–Trinajstić information content (AvgIpc) is 2.54. The highest BCUT2D eigenvalue weighted by Crippen LogP contribution is 2.12. The largest absolute Gasteiger partial charge is 0.292 e. The number of imidazole rings is 1. The SMILES string of the molecule is O=c1ccn2c(nc3ccccc32)[nH]1.[HH]. The molecule has 0 aliphatic rings. The number of aromatic amines is 1. The molecule has 0 fully saturated rings. The summed E-state index contributed by atoms with van der Waals surface area (Å²) in [5.74, 6) is 0.582. The van der Waals surface area contributed by atoms with Crippen molar-refractivity contribution in [3.63, 3.8) is 0 Å². The molecule has 0 aliphatic heterocycles. The fraction of sp³-hybridized carbons (Fsp3) is 0. The number of nitrogens with one attached hydrogen (secondary N) is 1. The summed E-state index contributed by atoms with van der Waals surface area (Å²) in [4.78, 5) is 18.0. The van der Waals surface area contributed by atoms with Gasteiger partial charge in [-0.1, -0.05) is 12.1 Å². The monoisotopic (exact) mass is 187 g/mol. The molecule has 0 radical (unpaired) electrons. The maximum absolute atomic E-state index is 11.1. The normalized spacial score (nSPS) is 11.1. The molecule has 70 valence electrons. The lowest BCUT2D eigenvalue weighted by atomic mass is 10.3. The predicted molar refractivity (Wildman–Crippen MR) is 55.4 cm³/mol. The van der Waals surface area contributed by atoms with E-state index in [0.717, 1.165) is 11.0 Å². The van der Waals surface area contributed by atoms with E-state index in [1.165, 1.54) is 6.07 Å². The van der Waals surface area contributed by atoms with E-state index in [4.69, 9.17) is 0 Å². The number of hydrogen-bond acceptors (Lipinski definition) is 2. The van der Waals surface area contributed by atoms with E-state index in [2.05, 4.69) is 9.97 Å². The number of para-hydroxylation sites is 2. The average molecular weight is 187 g/mol. The zero-order valence-electron chi connectivity index (χ0n) is 7.27. The molecule has 0 spiro atoms. The van der Waals surface area contributed by atoms with Crippen LogP contribution in [0.4, 0.5) is 0 Å². The number of benzene rings is 1. The molecule has 3 rings (SSSR count). The molecule has 0 saturated carbocycles. The minimum Gasteiger partial charge on any atom is -0.292 e. The highest BCUT2D eigenvalue weighted by atomic mass is 16.1. The Bertz CT molecular complexity index is 671. The second kappa shape index (κ2) is 2.45. The van der Waals surface area contributed by atoms with Crippen LogP contribution in [-0.4, -0.2) is 14.4 Å². The molecule has 2 heterocycles. The Morgan fingerprint density at radius 1 is 1.29 bits per heavy atom. The van der Waals surface area contributed by atoms with Gasteiger partial charge in [0.25, 0.3) is 5.56 Å². The van der Waals surface area contributed by atoms with Crippen molar-refractivity contribution in [1.29, 1.82) is 0 Å². The highest BCUT2D eigenvalue weighted by Gasteiger charge is 2.02. The summed E-state index contributed by atoms with van der Waals surface area (Å²) in [5, 5.41) is 0. The number of hydrogen-bond donors (Lipinski definition) is 1. The van der Waals surface area contributed by atoms with Crippen LogP contribution < -0.4 is 5.56 Å². The Labute approximate surface area is 80.3 Å². The number of rotatable bonds is 0. The number of H-pyrrole nitrogens is 1. The van der Waals surface area contributed by atoms with E-state index in [0.29, 0.717) is 5.78 Å². The van der Waals surface area contributed by atoms with E-state index in [-0.39, 0.29) is 6.99 Å². The van der Waals surface area contributed by atoms with Crippen molar-refractivity contribution < 1.29 is 1.43 Å². The van der Waals surface area contributed by atoms with Crippen LogP contribution in [0.25, 0.3) is 16.8 Å². The summed E-state index contributed by atoms with van der Waals surface area (Å²) < 4.78 is 1.86. The number of nitrogens with zero attached hydrogens (tertiary/aromatic N) is 2. The van der Waals surface area contributed by atoms with Crippen molar-refractivity contribution in [2.45, 2.75) is 0 Å². The van der Waals surface area contributed by atoms with Gasteiger partial charge in [-0.2, -0.15) is 0 Å². The summed E-state index contributed by atoms with van der Waals surface area (Å²) in [6.45, 7) is 0. The summed E-state index contributed by atoms with van der Waals surface area (Å²) >= 11 is 0. The molecule has 0 saturated heterocycles. The van der Waals surface area contributed by atoms with Gasteiger partial charge < -0.3 is 0 Å². The van der Waals surface area contributed by atoms with Gasteiger partial charge in [0.1, 0.15) is 0 Å². The second-order valence-electron chi connectivity index (χ2n) is 3.10. The lowest BCUT2D eigenvalue weighted by Gasteiger charge is -1.91. The molecule has 0 bridgehead atoms. The smallest absolute Gasteiger partial charge is 0.252 e. The molecular weight excluding hydrogens is 178 g/mol. The summed E-state index contributed by atoms with van der Waals surface area (Å²) in [6, 6.07) is 9.24. The summed E-state index contributed by atoms with van der Waals surface area (Å²) in [5.41, 5.74) is 1.75. The molecule has 0 atom stereocenters. The third kappa shape index (κ3) is 0.877. The molecular formula is C10H9N3O. The first-order chi connectivity index (χ1) is 6.84. The third-order valence-corrected chi connectivity index (χ3v) is 2.21. The van der Waals surface area contributed by atoms with Gasteiger partial charge in [-0.3, -0.25) is 14.2 Å². The van der Waals surface area contributed by atoms with Crippen LogP contribution in [0.2, 0.25) is 0 Å². The van der Waals surface area contributed by atoms with Crippen molar-refractivity contribution in [2.75, 3.05) is 0 Å². The van der Waals surface area contributed by atoms with Gasteiger partial charge in [0.2, 0.25) is 5.78 Å². The standard InChI is InChI=1S/C10H7N3O.H2/c14-9-5-6-13-8-4-2-1-3-7(8)11-10(13)12-9;/h1-6H,(H,11,12,14);1H. The van der Waals surface area contributed by atoms with E-state index >= 15 is 0 Å². The van der Waals surface area contributed by atoms with E-state index in [1.54, 1.807) is 6.20 Å². The molecule has 1 aromatic carbocycles. The van der Waals surface area contributed by atoms with Crippen molar-refractivity contribution >= 4 is 16.8 Å². The maximum Gasteiger partial charge on any atom is 0.252 e. The minimum absolute atomic E-state index is 0. The summed E-state index contributed by atoms with van der Waals surface area (Å²) in [6.07, 6.45) is 1.73. The fourth-order valence-corrected chi connectivity index (χ4v) is 1.58. The molecule has 0 amide bonds. The molecule has 2 aromatic heterocycles. The zero-order chi connectivity index (χ0) is 9.54. The van der Waals surface area contributed by atoms with E-state index in [9.17, 15) is 4.79 Å². The number of fused-ring (bicyclic) bond motifs is 3. The van der Waals surface area contributed by atoms with Crippen LogP contribution >= 0.6 is 0 Å². The third-order valence-electron chi connectivity index (χ3n) is 2.21. The van der Waals surface area contributed by atoms with Gasteiger partial charge in [-0.25, -0.2) is 4.98 Å². The lowest BCUT2D eigenvalue weighted by Crippen LogP contribution is -2.05. The van der Waals surface area contributed by atoms with Gasteiger partial charge in [-0.15, -0.1) is 0 Å². The Morgan fingerprint density at radius 2 is 2.14 bits per heavy atom. The maximum atomic E-state index is 11.1. The van der Waals surface area contributed by atoms with E-state index < -0.39 is 0 Å². The molecule has 4 nitrogen and oxygen atoms in total. The summed E-state index contributed by atoms with van der Waals surface area (Å²) in [7, 11) is 0. The molecule has 4 heteroatoms. The Kier molecular flexibility index (Phi) is 1.28. The van der Waals surface area contributed by atoms with Gasteiger partial charge in [0.15, 0.2) is 0 Å². The van der Waals surface area contributed by atoms with Crippen molar-refractivity contribution in [2.24, 2.45) is 0 Å². The predicted octanol–water partition coefficient (Wildman–Crippen LogP) is 1.42. The molecule has 0 unspecified atom stereocenters. The highest BCUT2D eigenvalue weighted by molar-refractivity contribution is 5.79. The van der Waals surface area contributed by atoms with Crippen molar-refractivity contribution in [3.05, 3.63) is 46.9 Å². The van der Waals surface area contributed by atoms with Gasteiger partial charge in [-0.05, 0) is 12.1 Å². The number of aromatic nitrogens is 3. The van der Waals surface area contributed by atoms with Crippen LogP contribution in [0.5, 0.6) is 0 Å². The van der Waals surface area contributed by atoms with Crippen LogP contribution in [-0.2, 0) is 0 Å². The van der Waals surface area contributed by atoms with Gasteiger partial charge in [0.05, 0.1) is 11.0 Å². The van der Waals surface area contributed by atoms with Crippen LogP contribution in [0.3, 0.4) is 0 Å². The quantitative estimate of drug-likeness (QED) is 0.578. The van der Waals surface area contributed by atoms with Crippen LogP contribution in [0, 0.1) is 0 Å². The van der Waals surface area contributed by atoms with E-state index in [1.807, 2.05) is 28.7 Å².